The summed E-state index contributed by atoms with van der Waals surface area (Å²) in [4.78, 5) is 32.0. The Morgan fingerprint density at radius 1 is 1.06 bits per heavy atom. The van der Waals surface area contributed by atoms with Gasteiger partial charge < -0.3 is 10.1 Å². The molecule has 0 atom stereocenters. The van der Waals surface area contributed by atoms with Crippen LogP contribution in [0.2, 0.25) is 10.0 Å². The molecule has 4 rings (SSSR count). The second-order valence-corrected chi connectivity index (χ2v) is 9.62. The molecule has 36 heavy (non-hydrogen) atoms. The van der Waals surface area contributed by atoms with Crippen LogP contribution in [0.3, 0.4) is 0 Å². The number of hydrogen-bond acceptors (Lipinski definition) is 5. The van der Waals surface area contributed by atoms with Gasteiger partial charge in [0, 0.05) is 5.69 Å². The molecule has 0 radical (unpaired) electrons. The predicted molar refractivity (Wildman–Crippen MR) is 149 cm³/mol. The molecule has 6 nitrogen and oxygen atoms in total. The minimum absolute atomic E-state index is 0.0712. The van der Waals surface area contributed by atoms with Gasteiger partial charge in [-0.25, -0.2) is 4.99 Å². The summed E-state index contributed by atoms with van der Waals surface area (Å²) in [7, 11) is 0. The van der Waals surface area contributed by atoms with Crippen molar-refractivity contribution in [2.45, 2.75) is 13.8 Å². The molecule has 3 aromatic rings. The first-order valence-electron chi connectivity index (χ1n) is 11.2. The number of aliphatic imine (C=N–C) groups is 1. The Kier molecular flexibility index (Phi) is 8.36. The number of thioether (sulfide) groups is 1. The molecule has 184 valence electrons. The molecule has 1 N–H and O–H groups in total. The molecule has 0 saturated carbocycles. The van der Waals surface area contributed by atoms with Gasteiger partial charge in [0.25, 0.3) is 5.91 Å². The second-order valence-electron chi connectivity index (χ2n) is 7.87. The van der Waals surface area contributed by atoms with Crippen molar-refractivity contribution in [2.75, 3.05) is 22.6 Å². The van der Waals surface area contributed by atoms with Gasteiger partial charge in [-0.15, -0.1) is 0 Å². The fourth-order valence-corrected chi connectivity index (χ4v) is 4.52. The van der Waals surface area contributed by atoms with E-state index in [2.05, 4.69) is 10.3 Å². The summed E-state index contributed by atoms with van der Waals surface area (Å²) in [6, 6.07) is 19.8. The maximum atomic E-state index is 13.3. The number of amides is 2. The van der Waals surface area contributed by atoms with E-state index in [-0.39, 0.29) is 23.3 Å². The van der Waals surface area contributed by atoms with E-state index >= 15 is 0 Å². The Morgan fingerprint density at radius 3 is 2.44 bits per heavy atom. The smallest absolute Gasteiger partial charge is 0.283 e. The molecule has 9 heteroatoms. The van der Waals surface area contributed by atoms with E-state index in [1.54, 1.807) is 48.5 Å². The molecule has 1 aliphatic rings. The topological polar surface area (TPSA) is 71.0 Å². The highest BCUT2D eigenvalue weighted by Crippen LogP contribution is 2.31. The zero-order chi connectivity index (χ0) is 25.7. The minimum Gasteiger partial charge on any atom is -0.494 e. The molecule has 1 heterocycles. The number of carbonyl (C=O) groups is 2. The van der Waals surface area contributed by atoms with Crippen LogP contribution in [0.15, 0.2) is 77.4 Å². The summed E-state index contributed by atoms with van der Waals surface area (Å²) in [5.41, 5.74) is 3.33. The normalized spacial score (nSPS) is 14.2. The Bertz CT molecular complexity index is 1340. The van der Waals surface area contributed by atoms with Crippen molar-refractivity contribution in [3.8, 4) is 5.75 Å². The largest absolute Gasteiger partial charge is 0.494 e. The first-order valence-corrected chi connectivity index (χ1v) is 12.9. The summed E-state index contributed by atoms with van der Waals surface area (Å²) in [6.07, 6.45) is 1.65. The zero-order valence-electron chi connectivity index (χ0n) is 19.6. The Hall–Kier alpha value is -3.26. The first-order chi connectivity index (χ1) is 17.3. The van der Waals surface area contributed by atoms with Gasteiger partial charge >= 0.3 is 0 Å². The molecule has 2 amide bonds. The van der Waals surface area contributed by atoms with Gasteiger partial charge in [-0.1, -0.05) is 58.7 Å². The van der Waals surface area contributed by atoms with E-state index in [1.807, 2.05) is 38.1 Å². The van der Waals surface area contributed by atoms with Crippen molar-refractivity contribution in [2.24, 2.45) is 4.99 Å². The van der Waals surface area contributed by atoms with Crippen LogP contribution in [0.1, 0.15) is 18.1 Å². The van der Waals surface area contributed by atoms with E-state index in [0.717, 1.165) is 11.3 Å². The number of amidine groups is 1. The fourth-order valence-electron chi connectivity index (χ4n) is 3.40. The van der Waals surface area contributed by atoms with Crippen molar-refractivity contribution in [3.63, 3.8) is 0 Å². The summed E-state index contributed by atoms with van der Waals surface area (Å²) >= 11 is 13.3. The van der Waals surface area contributed by atoms with Crippen LogP contribution in [-0.4, -0.2) is 29.3 Å². The number of benzene rings is 3. The van der Waals surface area contributed by atoms with Gasteiger partial charge in [-0.2, -0.15) is 0 Å². The number of anilines is 2. The van der Waals surface area contributed by atoms with Gasteiger partial charge in [0.15, 0.2) is 5.17 Å². The van der Waals surface area contributed by atoms with Crippen LogP contribution in [-0.2, 0) is 9.59 Å². The number of ether oxygens (including phenoxy) is 1. The van der Waals surface area contributed by atoms with Gasteiger partial charge in [0.1, 0.15) is 11.4 Å². The highest BCUT2D eigenvalue weighted by atomic mass is 35.5. The number of hydrogen-bond donors (Lipinski definition) is 1. The minimum atomic E-state index is -0.292. The third-order valence-corrected chi connectivity index (χ3v) is 6.83. The summed E-state index contributed by atoms with van der Waals surface area (Å²) in [6.45, 7) is 4.46. The number of rotatable bonds is 7. The zero-order valence-corrected chi connectivity index (χ0v) is 22.0. The van der Waals surface area contributed by atoms with E-state index in [0.29, 0.717) is 38.8 Å². The van der Waals surface area contributed by atoms with Crippen LogP contribution in [0.5, 0.6) is 5.75 Å². The van der Waals surface area contributed by atoms with E-state index in [1.165, 1.54) is 16.7 Å². The lowest BCUT2D eigenvalue weighted by Gasteiger charge is -2.18. The maximum Gasteiger partial charge on any atom is 0.283 e. The lowest BCUT2D eigenvalue weighted by atomic mass is 10.2. The van der Waals surface area contributed by atoms with Crippen LogP contribution in [0.25, 0.3) is 6.08 Å². The molecule has 3 aromatic carbocycles. The van der Waals surface area contributed by atoms with Gasteiger partial charge in [0.05, 0.1) is 28.1 Å². The first kappa shape index (κ1) is 25.8. The standard InChI is InChI=1S/C27H23Cl2N3O3S/c1-3-35-21-11-7-19(8-12-21)30-25(33)16-36-27-31-24(15-18-6-13-22(28)23(29)14-18)26(34)32(27)20-9-4-17(2)5-10-20/h4-15H,3,16H2,1-2H3,(H,30,33)/b24-15-. The molecule has 0 spiro atoms. The van der Waals surface area contributed by atoms with Crippen LogP contribution in [0.4, 0.5) is 11.4 Å². The number of halogens is 2. The lowest BCUT2D eigenvalue weighted by molar-refractivity contribution is -0.114. The third kappa shape index (κ3) is 6.29. The molecule has 0 saturated heterocycles. The molecular weight excluding hydrogens is 517 g/mol. The Morgan fingerprint density at radius 2 is 1.78 bits per heavy atom. The van der Waals surface area contributed by atoms with Gasteiger partial charge in [-0.3, -0.25) is 14.5 Å². The van der Waals surface area contributed by atoms with Crippen molar-refractivity contribution in [3.05, 3.63) is 93.6 Å². The summed E-state index contributed by atoms with van der Waals surface area (Å²) in [5, 5.41) is 4.08. The van der Waals surface area contributed by atoms with E-state index < -0.39 is 0 Å². The Balaban J connectivity index is 1.53. The molecule has 1 aliphatic heterocycles. The van der Waals surface area contributed by atoms with Gasteiger partial charge in [0.2, 0.25) is 5.91 Å². The summed E-state index contributed by atoms with van der Waals surface area (Å²) in [5.74, 6) is 0.296. The molecule has 0 unspecified atom stereocenters. The average molecular weight is 540 g/mol. The average Bonchev–Trinajstić information content (AvgIpc) is 3.17. The highest BCUT2D eigenvalue weighted by Gasteiger charge is 2.32. The molecule has 0 bridgehead atoms. The monoisotopic (exact) mass is 539 g/mol. The predicted octanol–water partition coefficient (Wildman–Crippen LogP) is 6.82. The number of carbonyl (C=O) groups excluding carboxylic acids is 2. The van der Waals surface area contributed by atoms with Crippen molar-refractivity contribution in [1.82, 2.24) is 0 Å². The van der Waals surface area contributed by atoms with Crippen LogP contribution in [0, 0.1) is 6.92 Å². The molecular formula is C27H23Cl2N3O3S. The maximum absolute atomic E-state index is 13.3. The van der Waals surface area contributed by atoms with E-state index in [9.17, 15) is 9.59 Å². The van der Waals surface area contributed by atoms with Crippen LogP contribution >= 0.6 is 35.0 Å². The SMILES string of the molecule is CCOc1ccc(NC(=O)CSC2=N/C(=C\c3ccc(Cl)c(Cl)c3)C(=O)N2c2ccc(C)cc2)cc1. The second kappa shape index (κ2) is 11.6. The molecule has 0 aliphatic carbocycles. The number of aryl methyl sites for hydroxylation is 1. The lowest BCUT2D eigenvalue weighted by Crippen LogP contribution is -2.31. The van der Waals surface area contributed by atoms with Crippen molar-refractivity contribution >= 4 is 69.4 Å². The highest BCUT2D eigenvalue weighted by molar-refractivity contribution is 8.14. The third-order valence-electron chi connectivity index (χ3n) is 5.15. The van der Waals surface area contributed by atoms with Crippen molar-refractivity contribution < 1.29 is 14.3 Å². The number of nitrogens with zero attached hydrogens (tertiary/aromatic N) is 2. The van der Waals surface area contributed by atoms with Crippen molar-refractivity contribution in [1.29, 1.82) is 0 Å². The molecule has 0 aromatic heterocycles. The number of nitrogens with one attached hydrogen (secondary N) is 1. The van der Waals surface area contributed by atoms with E-state index in [4.69, 9.17) is 27.9 Å². The fraction of sp³-hybridized carbons (Fsp3) is 0.148. The quantitative estimate of drug-likeness (QED) is 0.334. The Labute approximate surface area is 224 Å². The summed E-state index contributed by atoms with van der Waals surface area (Å²) < 4.78 is 5.43. The van der Waals surface area contributed by atoms with Crippen LogP contribution < -0.4 is 15.0 Å². The van der Waals surface area contributed by atoms with Gasteiger partial charge in [-0.05, 0) is 74.0 Å². The molecule has 0 fully saturated rings.